The Morgan fingerprint density at radius 1 is 1.33 bits per heavy atom. The zero-order valence-corrected chi connectivity index (χ0v) is 11.0. The third-order valence-electron chi connectivity index (χ3n) is 1.99. The summed E-state index contributed by atoms with van der Waals surface area (Å²) in [4.78, 5) is 0. The number of benzene rings is 1. The monoisotopic (exact) mass is 301 g/mol. The largest absolute Gasteiger partial charge is 0.380 e. The molecule has 4 heteroatoms. The van der Waals surface area contributed by atoms with Gasteiger partial charge >= 0.3 is 0 Å². The van der Waals surface area contributed by atoms with Crippen molar-refractivity contribution in [2.45, 2.75) is 6.54 Å². The standard InChI is InChI=1S/C11H9BrClNS/c12-9-1-2-10(13)11(5-9)14-6-8-3-4-15-7-8/h1-5,7,14H,6H2. The van der Waals surface area contributed by atoms with Crippen LogP contribution in [0.5, 0.6) is 0 Å². The molecule has 1 N–H and O–H groups in total. The molecule has 0 radical (unpaired) electrons. The lowest BCUT2D eigenvalue weighted by atomic mass is 10.3. The minimum Gasteiger partial charge on any atom is -0.380 e. The summed E-state index contributed by atoms with van der Waals surface area (Å²) in [5.74, 6) is 0. The van der Waals surface area contributed by atoms with E-state index in [1.54, 1.807) is 11.3 Å². The molecule has 78 valence electrons. The minimum atomic E-state index is 0.744. The van der Waals surface area contributed by atoms with Crippen molar-refractivity contribution in [3.8, 4) is 0 Å². The summed E-state index contributed by atoms with van der Waals surface area (Å²) in [6, 6.07) is 7.89. The molecule has 0 saturated heterocycles. The lowest BCUT2D eigenvalue weighted by molar-refractivity contribution is 1.16. The first kappa shape index (κ1) is 11.0. The van der Waals surface area contributed by atoms with E-state index in [4.69, 9.17) is 11.6 Å². The first-order valence-electron chi connectivity index (χ1n) is 4.46. The zero-order valence-electron chi connectivity index (χ0n) is 7.84. The molecule has 1 aromatic carbocycles. The fourth-order valence-corrected chi connectivity index (χ4v) is 2.44. The van der Waals surface area contributed by atoms with Crippen LogP contribution in [0.15, 0.2) is 39.5 Å². The number of thiophene rings is 1. The van der Waals surface area contributed by atoms with Crippen LogP contribution in [0.4, 0.5) is 5.69 Å². The van der Waals surface area contributed by atoms with Gasteiger partial charge in [-0.25, -0.2) is 0 Å². The van der Waals surface area contributed by atoms with E-state index in [1.807, 2.05) is 18.2 Å². The Kier molecular flexibility index (Phi) is 3.67. The van der Waals surface area contributed by atoms with Crippen LogP contribution < -0.4 is 5.32 Å². The van der Waals surface area contributed by atoms with E-state index in [0.717, 1.165) is 21.7 Å². The number of rotatable bonds is 3. The van der Waals surface area contributed by atoms with Crippen molar-refractivity contribution in [2.75, 3.05) is 5.32 Å². The quantitative estimate of drug-likeness (QED) is 0.860. The Hall–Kier alpha value is -0.510. The van der Waals surface area contributed by atoms with Crippen LogP contribution in [0.25, 0.3) is 0 Å². The van der Waals surface area contributed by atoms with E-state index in [1.165, 1.54) is 5.56 Å². The number of hydrogen-bond acceptors (Lipinski definition) is 2. The highest BCUT2D eigenvalue weighted by molar-refractivity contribution is 9.10. The van der Waals surface area contributed by atoms with Gasteiger partial charge in [-0.2, -0.15) is 11.3 Å². The molecule has 0 spiro atoms. The van der Waals surface area contributed by atoms with Gasteiger partial charge in [-0.15, -0.1) is 0 Å². The molecular weight excluding hydrogens is 294 g/mol. The van der Waals surface area contributed by atoms with Crippen LogP contribution in [0.2, 0.25) is 5.02 Å². The number of anilines is 1. The average molecular weight is 303 g/mol. The van der Waals surface area contributed by atoms with Gasteiger partial charge in [0.15, 0.2) is 0 Å². The lowest BCUT2D eigenvalue weighted by Crippen LogP contribution is -1.98. The first-order chi connectivity index (χ1) is 7.25. The second kappa shape index (κ2) is 5.01. The summed E-state index contributed by atoms with van der Waals surface area (Å²) in [5, 5.41) is 8.24. The van der Waals surface area contributed by atoms with Gasteiger partial charge in [-0.3, -0.25) is 0 Å². The summed E-state index contributed by atoms with van der Waals surface area (Å²) in [6.07, 6.45) is 0. The molecular formula is C11H9BrClNS. The van der Waals surface area contributed by atoms with E-state index in [9.17, 15) is 0 Å². The topological polar surface area (TPSA) is 12.0 Å². The van der Waals surface area contributed by atoms with Gasteiger partial charge in [-0.1, -0.05) is 27.5 Å². The Morgan fingerprint density at radius 3 is 2.93 bits per heavy atom. The van der Waals surface area contributed by atoms with E-state index in [2.05, 4.69) is 38.1 Å². The highest BCUT2D eigenvalue weighted by Gasteiger charge is 2.00. The van der Waals surface area contributed by atoms with Gasteiger partial charge < -0.3 is 5.32 Å². The van der Waals surface area contributed by atoms with Crippen molar-refractivity contribution in [3.05, 3.63) is 50.1 Å². The molecule has 2 rings (SSSR count). The van der Waals surface area contributed by atoms with Crippen LogP contribution in [-0.2, 0) is 6.54 Å². The van der Waals surface area contributed by atoms with Crippen molar-refractivity contribution in [1.29, 1.82) is 0 Å². The molecule has 0 aliphatic carbocycles. The van der Waals surface area contributed by atoms with E-state index < -0.39 is 0 Å². The molecule has 1 nitrogen and oxygen atoms in total. The number of nitrogens with one attached hydrogen (secondary N) is 1. The first-order valence-corrected chi connectivity index (χ1v) is 6.57. The molecule has 0 atom stereocenters. The van der Waals surface area contributed by atoms with E-state index >= 15 is 0 Å². The fraction of sp³-hybridized carbons (Fsp3) is 0.0909. The second-order valence-electron chi connectivity index (χ2n) is 3.11. The predicted molar refractivity (Wildman–Crippen MR) is 70.8 cm³/mol. The third kappa shape index (κ3) is 2.97. The van der Waals surface area contributed by atoms with Gasteiger partial charge in [0, 0.05) is 11.0 Å². The van der Waals surface area contributed by atoms with Gasteiger partial charge in [0.2, 0.25) is 0 Å². The highest BCUT2D eigenvalue weighted by atomic mass is 79.9. The van der Waals surface area contributed by atoms with Crippen molar-refractivity contribution in [2.24, 2.45) is 0 Å². The smallest absolute Gasteiger partial charge is 0.0638 e. The normalized spacial score (nSPS) is 10.3. The molecule has 1 aromatic heterocycles. The molecule has 0 saturated carbocycles. The van der Waals surface area contributed by atoms with Crippen LogP contribution in [0, 0.1) is 0 Å². The summed E-state index contributed by atoms with van der Waals surface area (Å²) < 4.78 is 1.03. The Labute approximate surface area is 106 Å². The van der Waals surface area contributed by atoms with Gasteiger partial charge in [0.1, 0.15) is 0 Å². The summed E-state index contributed by atoms with van der Waals surface area (Å²) in [6.45, 7) is 0.805. The molecule has 2 aromatic rings. The van der Waals surface area contributed by atoms with Crippen molar-refractivity contribution in [3.63, 3.8) is 0 Å². The summed E-state index contributed by atoms with van der Waals surface area (Å²) in [5.41, 5.74) is 2.23. The number of hydrogen-bond donors (Lipinski definition) is 1. The van der Waals surface area contributed by atoms with Crippen molar-refractivity contribution < 1.29 is 0 Å². The average Bonchev–Trinajstić information content (AvgIpc) is 2.72. The molecule has 1 heterocycles. The van der Waals surface area contributed by atoms with E-state index in [-0.39, 0.29) is 0 Å². The van der Waals surface area contributed by atoms with Crippen molar-refractivity contribution >= 4 is 44.6 Å². The van der Waals surface area contributed by atoms with Crippen molar-refractivity contribution in [1.82, 2.24) is 0 Å². The number of halogens is 2. The molecule has 0 bridgehead atoms. The predicted octanol–water partition coefficient (Wildman–Crippen LogP) is 4.78. The third-order valence-corrected chi connectivity index (χ3v) is 3.55. The van der Waals surface area contributed by atoms with Gasteiger partial charge in [0.05, 0.1) is 10.7 Å². The molecule has 0 unspecified atom stereocenters. The molecule has 0 aliphatic rings. The summed E-state index contributed by atoms with van der Waals surface area (Å²) in [7, 11) is 0. The second-order valence-corrected chi connectivity index (χ2v) is 5.21. The molecule has 0 fully saturated rings. The zero-order chi connectivity index (χ0) is 10.7. The summed E-state index contributed by atoms with van der Waals surface area (Å²) >= 11 is 11.2. The Morgan fingerprint density at radius 2 is 2.20 bits per heavy atom. The molecule has 0 amide bonds. The lowest BCUT2D eigenvalue weighted by Gasteiger charge is -2.07. The maximum Gasteiger partial charge on any atom is 0.0638 e. The maximum atomic E-state index is 6.06. The SMILES string of the molecule is Clc1ccc(Br)cc1NCc1ccsc1. The fourth-order valence-electron chi connectivity index (χ4n) is 1.22. The van der Waals surface area contributed by atoms with Crippen LogP contribution in [-0.4, -0.2) is 0 Å². The maximum absolute atomic E-state index is 6.06. The molecule has 15 heavy (non-hydrogen) atoms. The molecule has 0 aliphatic heterocycles. The Balaban J connectivity index is 2.07. The van der Waals surface area contributed by atoms with Gasteiger partial charge in [0.25, 0.3) is 0 Å². The minimum absolute atomic E-state index is 0.744. The van der Waals surface area contributed by atoms with Crippen LogP contribution in [0.3, 0.4) is 0 Å². The van der Waals surface area contributed by atoms with Gasteiger partial charge in [-0.05, 0) is 40.6 Å². The van der Waals surface area contributed by atoms with E-state index in [0.29, 0.717) is 0 Å². The Bertz CT molecular complexity index is 442. The van der Waals surface area contributed by atoms with Crippen LogP contribution >= 0.6 is 38.9 Å². The van der Waals surface area contributed by atoms with Crippen LogP contribution in [0.1, 0.15) is 5.56 Å². The highest BCUT2D eigenvalue weighted by Crippen LogP contribution is 2.26.